The summed E-state index contributed by atoms with van der Waals surface area (Å²) in [5.41, 5.74) is 0. The number of phosphoric ester groups is 2. The molecule has 0 bridgehead atoms. The maximum atomic E-state index is 13.1. The summed E-state index contributed by atoms with van der Waals surface area (Å²) in [6, 6.07) is 0. The summed E-state index contributed by atoms with van der Waals surface area (Å²) in [7, 11) is -9.92. The monoisotopic (exact) mass is 1490 g/mol. The van der Waals surface area contributed by atoms with E-state index in [4.69, 9.17) is 37.0 Å². The van der Waals surface area contributed by atoms with Crippen LogP contribution >= 0.6 is 15.6 Å². The van der Waals surface area contributed by atoms with Gasteiger partial charge in [0.15, 0.2) is 12.2 Å². The van der Waals surface area contributed by atoms with Crippen LogP contribution in [-0.4, -0.2) is 96.7 Å². The number of rotatable bonds is 82. The molecule has 0 amide bonds. The molecule has 0 rings (SSSR count). The van der Waals surface area contributed by atoms with Crippen molar-refractivity contribution < 1.29 is 80.2 Å². The number of hydrogen-bond acceptors (Lipinski definition) is 15. The Bertz CT molecular complexity index is 1960. The van der Waals surface area contributed by atoms with E-state index in [0.29, 0.717) is 25.7 Å². The van der Waals surface area contributed by atoms with Crippen LogP contribution < -0.4 is 0 Å². The number of aliphatic hydroxyl groups is 1. The fourth-order valence-electron chi connectivity index (χ4n) is 12.9. The van der Waals surface area contributed by atoms with Crippen molar-refractivity contribution in [1.82, 2.24) is 0 Å². The number of carbonyl (C=O) groups excluding carboxylic acids is 4. The van der Waals surface area contributed by atoms with Gasteiger partial charge in [-0.2, -0.15) is 0 Å². The molecule has 0 aromatic heterocycles. The van der Waals surface area contributed by atoms with Crippen LogP contribution in [0.1, 0.15) is 440 Å². The summed E-state index contributed by atoms with van der Waals surface area (Å²) >= 11 is 0. The Morgan fingerprint density at radius 1 is 0.265 bits per heavy atom. The second kappa shape index (κ2) is 74.5. The molecule has 17 nitrogen and oxygen atoms in total. The summed E-state index contributed by atoms with van der Waals surface area (Å²) in [5, 5.41) is 10.6. The van der Waals surface area contributed by atoms with Crippen molar-refractivity contribution in [2.45, 2.75) is 458 Å². The van der Waals surface area contributed by atoms with Gasteiger partial charge in [0.1, 0.15) is 19.3 Å². The highest BCUT2D eigenvalue weighted by molar-refractivity contribution is 7.47. The minimum absolute atomic E-state index is 0.107. The van der Waals surface area contributed by atoms with E-state index in [1.54, 1.807) is 0 Å². The van der Waals surface area contributed by atoms with Gasteiger partial charge in [0.05, 0.1) is 26.4 Å². The first kappa shape index (κ1) is 100. The van der Waals surface area contributed by atoms with E-state index in [1.807, 2.05) is 0 Å². The molecule has 0 saturated heterocycles. The molecule has 0 aliphatic rings. The number of esters is 4. The molecule has 5 atom stereocenters. The average Bonchev–Trinajstić information content (AvgIpc) is 0.919. The van der Waals surface area contributed by atoms with E-state index in [0.717, 1.165) is 115 Å². The fourth-order valence-corrected chi connectivity index (χ4v) is 14.5. The number of aliphatic hydroxyl groups excluding tert-OH is 1. The fraction of sp³-hybridized carbons (Fsp3) is 0.952. The predicted octanol–water partition coefficient (Wildman–Crippen LogP) is 25.1. The van der Waals surface area contributed by atoms with Gasteiger partial charge in [-0.1, -0.05) is 388 Å². The highest BCUT2D eigenvalue weighted by Crippen LogP contribution is 2.45. The molecule has 0 aromatic rings. The maximum absolute atomic E-state index is 13.1. The Morgan fingerprint density at radius 3 is 0.667 bits per heavy atom. The minimum Gasteiger partial charge on any atom is -0.462 e. The van der Waals surface area contributed by atoms with Gasteiger partial charge in [0.25, 0.3) is 0 Å². The van der Waals surface area contributed by atoms with Crippen molar-refractivity contribution in [3.05, 3.63) is 0 Å². The molecule has 19 heteroatoms. The lowest BCUT2D eigenvalue weighted by Gasteiger charge is -2.21. The van der Waals surface area contributed by atoms with Gasteiger partial charge in [-0.05, 0) is 37.5 Å². The summed E-state index contributed by atoms with van der Waals surface area (Å²) in [4.78, 5) is 73.0. The van der Waals surface area contributed by atoms with Crippen molar-refractivity contribution in [3.8, 4) is 0 Å². The lowest BCUT2D eigenvalue weighted by Crippen LogP contribution is -2.30. The Hall–Kier alpha value is -1.94. The first-order valence-corrected chi connectivity index (χ1v) is 46.0. The highest BCUT2D eigenvalue weighted by Gasteiger charge is 2.30. The van der Waals surface area contributed by atoms with Crippen LogP contribution in [0.4, 0.5) is 0 Å². The SMILES string of the molecule is CCCCCCCCCCCCCCCCCCCCCCC(=O)O[C@H](COC(=O)CCCCCCCCCCCCCCCCCCC(C)C)COP(=O)(O)OC[C@@H](O)COP(=O)(O)OC[C@@H](COC(=O)CCCCCCCCC)OC(=O)CCCCCCCCCCCCCCCC(C)C. The third-order valence-electron chi connectivity index (χ3n) is 19.5. The molecular formula is C83H162O17P2. The largest absolute Gasteiger partial charge is 0.472 e. The van der Waals surface area contributed by atoms with Crippen LogP contribution in [-0.2, 0) is 65.4 Å². The standard InChI is InChI=1S/C83H162O17P2/c1-7-9-11-13-15-16-17-18-19-20-21-22-23-28-33-38-43-49-55-61-67-83(88)100-79(72-94-81(86)66-60-54-48-42-37-32-27-25-24-26-30-35-40-46-51-57-63-75(3)4)74-98-102(91,92)96-70-77(84)69-95-101(89,90)97-73-78(71-93-80(85)65-59-53-45-14-12-10-8-2)99-82(87)68-62-56-50-44-39-34-29-31-36-41-47-52-58-64-76(5)6/h75-79,84H,7-74H2,1-6H3,(H,89,90)(H,91,92)/t77-,78+,79+/m0/s1. The topological polar surface area (TPSA) is 237 Å². The first-order chi connectivity index (χ1) is 49.4. The van der Waals surface area contributed by atoms with Crippen molar-refractivity contribution >= 4 is 39.5 Å². The highest BCUT2D eigenvalue weighted by atomic mass is 31.2. The smallest absolute Gasteiger partial charge is 0.462 e. The molecule has 0 spiro atoms. The maximum Gasteiger partial charge on any atom is 0.472 e. The minimum atomic E-state index is -4.96. The number of unbranched alkanes of at least 4 members (excludes halogenated alkanes) is 52. The van der Waals surface area contributed by atoms with Gasteiger partial charge < -0.3 is 33.8 Å². The first-order valence-electron chi connectivity index (χ1n) is 43.0. The molecule has 0 aliphatic carbocycles. The van der Waals surface area contributed by atoms with Crippen LogP contribution in [0.25, 0.3) is 0 Å². The molecule has 0 aliphatic heterocycles. The van der Waals surface area contributed by atoms with E-state index in [2.05, 4.69) is 41.5 Å². The Balaban J connectivity index is 5.17. The summed E-state index contributed by atoms with van der Waals surface area (Å²) in [5.74, 6) is -0.511. The van der Waals surface area contributed by atoms with Gasteiger partial charge in [-0.15, -0.1) is 0 Å². The zero-order valence-electron chi connectivity index (χ0n) is 66.9. The van der Waals surface area contributed by atoms with Crippen LogP contribution in [0.15, 0.2) is 0 Å². The van der Waals surface area contributed by atoms with E-state index >= 15 is 0 Å². The molecule has 0 fully saturated rings. The van der Waals surface area contributed by atoms with Crippen LogP contribution in [0, 0.1) is 11.8 Å². The van der Waals surface area contributed by atoms with Crippen LogP contribution in [0.5, 0.6) is 0 Å². The predicted molar refractivity (Wildman–Crippen MR) is 418 cm³/mol. The number of ether oxygens (including phenoxy) is 4. The number of phosphoric acid groups is 2. The van der Waals surface area contributed by atoms with E-state index in [-0.39, 0.29) is 25.7 Å². The third kappa shape index (κ3) is 76.3. The molecule has 0 radical (unpaired) electrons. The van der Waals surface area contributed by atoms with Crippen molar-refractivity contribution in [2.24, 2.45) is 11.8 Å². The molecule has 0 aromatic carbocycles. The molecule has 3 N–H and O–H groups in total. The molecule has 2 unspecified atom stereocenters. The second-order valence-electron chi connectivity index (χ2n) is 30.8. The van der Waals surface area contributed by atoms with Crippen molar-refractivity contribution in [1.29, 1.82) is 0 Å². The second-order valence-corrected chi connectivity index (χ2v) is 33.7. The van der Waals surface area contributed by atoms with Gasteiger partial charge in [0.2, 0.25) is 0 Å². The quantitative estimate of drug-likeness (QED) is 0.0222. The van der Waals surface area contributed by atoms with E-state index < -0.39 is 97.5 Å². The van der Waals surface area contributed by atoms with Crippen LogP contribution in [0.3, 0.4) is 0 Å². The van der Waals surface area contributed by atoms with Gasteiger partial charge in [-0.25, -0.2) is 9.13 Å². The number of hydrogen-bond donors (Lipinski definition) is 3. The lowest BCUT2D eigenvalue weighted by atomic mass is 10.0. The zero-order valence-corrected chi connectivity index (χ0v) is 68.7. The lowest BCUT2D eigenvalue weighted by molar-refractivity contribution is -0.161. The van der Waals surface area contributed by atoms with Crippen molar-refractivity contribution in [3.63, 3.8) is 0 Å². The summed E-state index contributed by atoms with van der Waals surface area (Å²) in [6.07, 6.45) is 65.5. The summed E-state index contributed by atoms with van der Waals surface area (Å²) in [6.45, 7) is 9.65. The number of carbonyl (C=O) groups is 4. The van der Waals surface area contributed by atoms with E-state index in [1.165, 1.54) is 244 Å². The zero-order chi connectivity index (χ0) is 74.9. The van der Waals surface area contributed by atoms with Gasteiger partial charge in [-0.3, -0.25) is 37.3 Å². The van der Waals surface area contributed by atoms with E-state index in [9.17, 15) is 43.2 Å². The van der Waals surface area contributed by atoms with Gasteiger partial charge in [0, 0.05) is 25.7 Å². The molecule has 102 heavy (non-hydrogen) atoms. The third-order valence-corrected chi connectivity index (χ3v) is 21.4. The Kier molecular flexibility index (Phi) is 73.1. The molecule has 0 heterocycles. The molecular weight excluding hydrogens is 1330 g/mol. The van der Waals surface area contributed by atoms with Crippen LogP contribution in [0.2, 0.25) is 0 Å². The average molecular weight is 1490 g/mol. The Morgan fingerprint density at radius 2 is 0.451 bits per heavy atom. The van der Waals surface area contributed by atoms with Crippen molar-refractivity contribution in [2.75, 3.05) is 39.6 Å². The van der Waals surface area contributed by atoms with Gasteiger partial charge >= 0.3 is 39.5 Å². The Labute approximate surface area is 626 Å². The molecule has 0 saturated carbocycles. The summed E-state index contributed by atoms with van der Waals surface area (Å²) < 4.78 is 68.7. The normalized spacial score (nSPS) is 13.9. The molecule has 606 valence electrons.